The highest BCUT2D eigenvalue weighted by atomic mass is 19.4. The molecule has 0 radical (unpaired) electrons. The second kappa shape index (κ2) is 5.77. The third-order valence-electron chi connectivity index (χ3n) is 2.83. The van der Waals surface area contributed by atoms with Gasteiger partial charge in [-0.05, 0) is 35.9 Å². The summed E-state index contributed by atoms with van der Waals surface area (Å²) < 4.78 is 42.1. The number of hydrogen-bond acceptors (Lipinski definition) is 4. The van der Waals surface area contributed by atoms with Crippen LogP contribution in [0.4, 0.5) is 18.0 Å². The molecular weight excluding hydrogens is 299 g/mol. The highest BCUT2D eigenvalue weighted by molar-refractivity contribution is 5.75. The summed E-state index contributed by atoms with van der Waals surface area (Å²) >= 11 is 0. The van der Waals surface area contributed by atoms with Crippen LogP contribution >= 0.6 is 0 Å². The molecule has 7 heteroatoms. The predicted octanol–water partition coefficient (Wildman–Crippen LogP) is 2.97. The average molecular weight is 306 g/mol. The molecule has 0 aliphatic carbocycles. The molecule has 0 heterocycles. The summed E-state index contributed by atoms with van der Waals surface area (Å²) in [4.78, 5) is 10.5. The molecule has 112 valence electrons. The number of hydrogen-bond donors (Lipinski definition) is 0. The Bertz CT molecular complexity index is 746. The van der Waals surface area contributed by atoms with Crippen LogP contribution < -0.4 is 9.84 Å². The van der Waals surface area contributed by atoms with E-state index in [4.69, 9.17) is 5.26 Å². The zero-order valence-electron chi connectivity index (χ0n) is 10.8. The van der Waals surface area contributed by atoms with Crippen molar-refractivity contribution in [3.8, 4) is 22.9 Å². The summed E-state index contributed by atoms with van der Waals surface area (Å²) in [6.45, 7) is 0. The molecule has 0 N–H and O–H groups in total. The Kier molecular flexibility index (Phi) is 4.04. The lowest BCUT2D eigenvalue weighted by Crippen LogP contribution is -2.26. The lowest BCUT2D eigenvalue weighted by Gasteiger charge is -2.15. The molecule has 0 aliphatic rings. The molecule has 0 unspecified atom stereocenters. The number of ether oxygens (including phenoxy) is 1. The Morgan fingerprint density at radius 3 is 2.27 bits per heavy atom. The van der Waals surface area contributed by atoms with E-state index in [9.17, 15) is 23.1 Å². The molecule has 2 rings (SSSR count). The molecule has 0 spiro atoms. The van der Waals surface area contributed by atoms with Crippen LogP contribution in [0.3, 0.4) is 0 Å². The summed E-state index contributed by atoms with van der Waals surface area (Å²) in [6, 6.07) is 9.79. The molecule has 0 amide bonds. The number of nitriles is 1. The largest absolute Gasteiger partial charge is 0.513 e. The summed E-state index contributed by atoms with van der Waals surface area (Å²) in [6.07, 6.45) is -6.28. The number of carboxylic acid groups (broad SMARTS) is 1. The standard InChI is InChI=1S/C15H8F3NO3/c16-15(17,18)11-4-2-10(3-5-11)12-7-9(8-19)1-6-13(12)22-14(20)21/h1-7H,(H,20,21)/p-1. The first-order chi connectivity index (χ1) is 10.3. The van der Waals surface area contributed by atoms with Gasteiger partial charge in [-0.25, -0.2) is 0 Å². The van der Waals surface area contributed by atoms with Gasteiger partial charge in [-0.3, -0.25) is 0 Å². The first kappa shape index (κ1) is 15.4. The topological polar surface area (TPSA) is 73.1 Å². The monoisotopic (exact) mass is 306 g/mol. The molecule has 0 saturated heterocycles. The smallest absolute Gasteiger partial charge is 0.416 e. The summed E-state index contributed by atoms with van der Waals surface area (Å²) in [7, 11) is 0. The van der Waals surface area contributed by atoms with Gasteiger partial charge in [0.2, 0.25) is 0 Å². The minimum absolute atomic E-state index is 0.126. The number of benzene rings is 2. The Labute approximate surface area is 123 Å². The number of nitrogens with zero attached hydrogens (tertiary/aromatic N) is 1. The van der Waals surface area contributed by atoms with Gasteiger partial charge in [0.25, 0.3) is 6.16 Å². The molecule has 2 aromatic rings. The van der Waals surface area contributed by atoms with Crippen LogP contribution in [0, 0.1) is 11.3 Å². The van der Waals surface area contributed by atoms with Gasteiger partial charge in [0.05, 0.1) is 22.9 Å². The van der Waals surface area contributed by atoms with Crippen molar-refractivity contribution in [3.63, 3.8) is 0 Å². The van der Waals surface area contributed by atoms with E-state index in [2.05, 4.69) is 4.74 Å². The van der Waals surface area contributed by atoms with Gasteiger partial charge in [-0.1, -0.05) is 12.1 Å². The van der Waals surface area contributed by atoms with E-state index in [1.54, 1.807) is 0 Å². The number of halogens is 3. The fourth-order valence-electron chi connectivity index (χ4n) is 1.84. The van der Waals surface area contributed by atoms with Gasteiger partial charge in [0.15, 0.2) is 0 Å². The third kappa shape index (κ3) is 3.35. The van der Waals surface area contributed by atoms with Crippen molar-refractivity contribution in [2.75, 3.05) is 0 Å². The predicted molar refractivity (Wildman–Crippen MR) is 67.6 cm³/mol. The maximum atomic E-state index is 12.5. The Hall–Kier alpha value is -3.01. The van der Waals surface area contributed by atoms with E-state index in [0.29, 0.717) is 0 Å². The van der Waals surface area contributed by atoms with Crippen LogP contribution in [0.15, 0.2) is 42.5 Å². The number of rotatable bonds is 2. The Morgan fingerprint density at radius 1 is 1.14 bits per heavy atom. The minimum atomic E-state index is -4.47. The SMILES string of the molecule is N#Cc1ccc(OC(=O)[O-])c(-c2ccc(C(F)(F)F)cc2)c1. The van der Waals surface area contributed by atoms with E-state index < -0.39 is 17.9 Å². The third-order valence-corrected chi connectivity index (χ3v) is 2.83. The zero-order valence-corrected chi connectivity index (χ0v) is 10.8. The summed E-state index contributed by atoms with van der Waals surface area (Å²) in [5.41, 5.74) is -0.172. The Balaban J connectivity index is 2.50. The van der Waals surface area contributed by atoms with Gasteiger partial charge in [-0.2, -0.15) is 18.4 Å². The summed E-state index contributed by atoms with van der Waals surface area (Å²) in [5, 5.41) is 19.4. The zero-order chi connectivity index (χ0) is 16.3. The lowest BCUT2D eigenvalue weighted by atomic mass is 10.0. The van der Waals surface area contributed by atoms with Crippen LogP contribution in [-0.4, -0.2) is 6.16 Å². The van der Waals surface area contributed by atoms with Gasteiger partial charge < -0.3 is 14.6 Å². The molecule has 0 saturated carbocycles. The average Bonchev–Trinajstić information content (AvgIpc) is 2.46. The second-order valence-electron chi connectivity index (χ2n) is 4.25. The molecule has 2 aromatic carbocycles. The van der Waals surface area contributed by atoms with Crippen LogP contribution in [0.25, 0.3) is 11.1 Å². The van der Waals surface area contributed by atoms with Crippen LogP contribution in [0.5, 0.6) is 5.75 Å². The quantitative estimate of drug-likeness (QED) is 0.631. The van der Waals surface area contributed by atoms with Gasteiger partial charge in [0, 0.05) is 5.56 Å². The Morgan fingerprint density at radius 2 is 1.77 bits per heavy atom. The molecule has 0 aromatic heterocycles. The van der Waals surface area contributed by atoms with Crippen LogP contribution in [-0.2, 0) is 6.18 Å². The highest BCUT2D eigenvalue weighted by Crippen LogP contribution is 2.34. The first-order valence-electron chi connectivity index (χ1n) is 5.92. The first-order valence-corrected chi connectivity index (χ1v) is 5.92. The number of carbonyl (C=O) groups excluding carboxylic acids is 1. The molecule has 0 atom stereocenters. The molecule has 22 heavy (non-hydrogen) atoms. The normalized spacial score (nSPS) is 10.8. The van der Waals surface area contributed by atoms with Crippen molar-refractivity contribution in [1.29, 1.82) is 5.26 Å². The number of alkyl halides is 3. The van der Waals surface area contributed by atoms with E-state index in [0.717, 1.165) is 12.1 Å². The van der Waals surface area contributed by atoms with Gasteiger partial charge in [-0.15, -0.1) is 0 Å². The van der Waals surface area contributed by atoms with Crippen molar-refractivity contribution in [2.45, 2.75) is 6.18 Å². The number of carbonyl (C=O) groups is 1. The van der Waals surface area contributed by atoms with Gasteiger partial charge in [0.1, 0.15) is 0 Å². The van der Waals surface area contributed by atoms with Gasteiger partial charge >= 0.3 is 6.18 Å². The van der Waals surface area contributed by atoms with Crippen molar-refractivity contribution >= 4 is 6.16 Å². The van der Waals surface area contributed by atoms with Crippen LogP contribution in [0.1, 0.15) is 11.1 Å². The van der Waals surface area contributed by atoms with E-state index in [1.165, 1.54) is 30.3 Å². The van der Waals surface area contributed by atoms with E-state index in [1.807, 2.05) is 6.07 Å². The summed E-state index contributed by atoms with van der Waals surface area (Å²) in [5.74, 6) is -0.126. The molecule has 0 aliphatic heterocycles. The fraction of sp³-hybridized carbons (Fsp3) is 0.0667. The lowest BCUT2D eigenvalue weighted by molar-refractivity contribution is -0.271. The maximum absolute atomic E-state index is 12.5. The maximum Gasteiger partial charge on any atom is 0.416 e. The van der Waals surface area contributed by atoms with Crippen molar-refractivity contribution in [1.82, 2.24) is 0 Å². The second-order valence-corrected chi connectivity index (χ2v) is 4.25. The minimum Gasteiger partial charge on any atom is -0.513 e. The molecular formula is C15H7F3NO3-. The van der Waals surface area contributed by atoms with Crippen molar-refractivity contribution < 1.29 is 27.8 Å². The van der Waals surface area contributed by atoms with Crippen molar-refractivity contribution in [2.24, 2.45) is 0 Å². The molecule has 0 bridgehead atoms. The van der Waals surface area contributed by atoms with E-state index >= 15 is 0 Å². The fourth-order valence-corrected chi connectivity index (χ4v) is 1.84. The van der Waals surface area contributed by atoms with E-state index in [-0.39, 0.29) is 22.4 Å². The van der Waals surface area contributed by atoms with Crippen LogP contribution in [0.2, 0.25) is 0 Å². The van der Waals surface area contributed by atoms with Crippen molar-refractivity contribution in [3.05, 3.63) is 53.6 Å². The highest BCUT2D eigenvalue weighted by Gasteiger charge is 2.30. The molecule has 0 fully saturated rings. The molecule has 4 nitrogen and oxygen atoms in total.